The Bertz CT molecular complexity index is 932. The van der Waals surface area contributed by atoms with Gasteiger partial charge in [0, 0.05) is 32.0 Å². The van der Waals surface area contributed by atoms with Gasteiger partial charge in [0.2, 0.25) is 0 Å². The Kier molecular flexibility index (Phi) is 5.04. The number of nitrogens with one attached hydrogen (secondary N) is 1. The molecule has 11 heteroatoms. The maximum Gasteiger partial charge on any atom is 0.396 e. The van der Waals surface area contributed by atoms with E-state index in [1.165, 1.54) is 28.4 Å². The van der Waals surface area contributed by atoms with Crippen molar-refractivity contribution in [1.29, 1.82) is 0 Å². The fourth-order valence-electron chi connectivity index (χ4n) is 3.34. The first-order valence-corrected chi connectivity index (χ1v) is 9.41. The Morgan fingerprint density at radius 2 is 1.97 bits per heavy atom. The Morgan fingerprint density at radius 3 is 2.57 bits per heavy atom. The molecule has 30 heavy (non-hydrogen) atoms. The van der Waals surface area contributed by atoms with E-state index < -0.39 is 17.6 Å². The Labute approximate surface area is 170 Å². The van der Waals surface area contributed by atoms with E-state index in [2.05, 4.69) is 20.3 Å². The first-order valence-electron chi connectivity index (χ1n) is 9.41. The van der Waals surface area contributed by atoms with Crippen LogP contribution in [0.5, 0.6) is 0 Å². The van der Waals surface area contributed by atoms with Gasteiger partial charge in [-0.1, -0.05) is 0 Å². The van der Waals surface area contributed by atoms with Gasteiger partial charge in [0.1, 0.15) is 0 Å². The second kappa shape index (κ2) is 7.54. The minimum Gasteiger partial charge on any atom is -0.346 e. The normalized spacial score (nSPS) is 17.9. The van der Waals surface area contributed by atoms with E-state index in [4.69, 9.17) is 0 Å². The fourth-order valence-corrected chi connectivity index (χ4v) is 3.34. The van der Waals surface area contributed by atoms with Crippen molar-refractivity contribution in [2.75, 3.05) is 24.5 Å². The van der Waals surface area contributed by atoms with Crippen LogP contribution in [-0.2, 0) is 6.54 Å². The van der Waals surface area contributed by atoms with E-state index in [1.807, 2.05) is 0 Å². The molecular formula is C19H19F3N6O2. The van der Waals surface area contributed by atoms with Crippen molar-refractivity contribution in [1.82, 2.24) is 25.2 Å². The zero-order chi connectivity index (χ0) is 21.4. The summed E-state index contributed by atoms with van der Waals surface area (Å²) in [5, 5.41) is 2.69. The number of amides is 3. The highest BCUT2D eigenvalue weighted by Crippen LogP contribution is 2.58. The standard InChI is InChI=1S/C19H19F3N6O2/c20-19(21,22)18(3-4-18)12-27-6-7-28(17(27)30)15-11-24-14(9-25-15)10-26-16(29)13-2-1-5-23-8-13/h1-2,5,8-9,11H,3-4,6-7,10,12H2,(H,26,29). The van der Waals surface area contributed by atoms with E-state index in [9.17, 15) is 22.8 Å². The van der Waals surface area contributed by atoms with Crippen molar-refractivity contribution in [2.24, 2.45) is 5.41 Å². The number of hydrogen-bond donors (Lipinski definition) is 1. The topological polar surface area (TPSA) is 91.3 Å². The van der Waals surface area contributed by atoms with E-state index in [1.54, 1.807) is 18.3 Å². The van der Waals surface area contributed by atoms with Gasteiger partial charge in [0.15, 0.2) is 5.82 Å². The van der Waals surface area contributed by atoms with Gasteiger partial charge in [-0.05, 0) is 25.0 Å². The molecule has 0 aromatic carbocycles. The maximum absolute atomic E-state index is 13.2. The molecule has 1 saturated carbocycles. The minimum atomic E-state index is -4.30. The summed E-state index contributed by atoms with van der Waals surface area (Å²) >= 11 is 0. The summed E-state index contributed by atoms with van der Waals surface area (Å²) in [7, 11) is 0. The summed E-state index contributed by atoms with van der Waals surface area (Å²) < 4.78 is 39.5. The predicted molar refractivity (Wildman–Crippen MR) is 99.5 cm³/mol. The van der Waals surface area contributed by atoms with Gasteiger partial charge in [-0.2, -0.15) is 13.2 Å². The zero-order valence-electron chi connectivity index (χ0n) is 15.9. The molecule has 2 aliphatic rings. The van der Waals surface area contributed by atoms with Crippen molar-refractivity contribution in [3.05, 3.63) is 48.2 Å². The Morgan fingerprint density at radius 1 is 1.17 bits per heavy atom. The number of alkyl halides is 3. The molecule has 0 bridgehead atoms. The highest BCUT2D eigenvalue weighted by molar-refractivity contribution is 5.94. The molecule has 2 aromatic rings. The second-order valence-electron chi connectivity index (χ2n) is 7.42. The van der Waals surface area contributed by atoms with Gasteiger partial charge < -0.3 is 10.2 Å². The van der Waals surface area contributed by atoms with Crippen molar-refractivity contribution in [2.45, 2.75) is 25.6 Å². The highest BCUT2D eigenvalue weighted by atomic mass is 19.4. The third kappa shape index (κ3) is 3.91. The van der Waals surface area contributed by atoms with E-state index in [0.717, 1.165) is 0 Å². The van der Waals surface area contributed by atoms with Crippen LogP contribution in [0.15, 0.2) is 36.9 Å². The molecule has 4 rings (SSSR count). The van der Waals surface area contributed by atoms with Gasteiger partial charge in [-0.25, -0.2) is 9.78 Å². The molecule has 0 unspecified atom stereocenters. The fraction of sp³-hybridized carbons (Fsp3) is 0.421. The van der Waals surface area contributed by atoms with Gasteiger partial charge in [0.25, 0.3) is 5.91 Å². The molecule has 3 amide bonds. The lowest BCUT2D eigenvalue weighted by Crippen LogP contribution is -2.41. The summed E-state index contributed by atoms with van der Waals surface area (Å²) in [5.74, 6) is -0.0419. The number of carbonyl (C=O) groups is 2. The summed E-state index contributed by atoms with van der Waals surface area (Å²) in [6.45, 7) is 0.271. The van der Waals surface area contributed by atoms with Gasteiger partial charge in [-0.15, -0.1) is 0 Å². The number of halogens is 3. The Balaban J connectivity index is 1.34. The monoisotopic (exact) mass is 420 g/mol. The van der Waals surface area contributed by atoms with Crippen LogP contribution in [0, 0.1) is 5.41 Å². The molecule has 3 heterocycles. The molecule has 2 aromatic heterocycles. The van der Waals surface area contributed by atoms with E-state index in [-0.39, 0.29) is 50.7 Å². The van der Waals surface area contributed by atoms with Crippen LogP contribution >= 0.6 is 0 Å². The number of urea groups is 1. The van der Waals surface area contributed by atoms with Crippen LogP contribution < -0.4 is 10.2 Å². The lowest BCUT2D eigenvalue weighted by atomic mass is 10.1. The van der Waals surface area contributed by atoms with Crippen LogP contribution in [0.2, 0.25) is 0 Å². The number of nitrogens with zero attached hydrogens (tertiary/aromatic N) is 5. The van der Waals surface area contributed by atoms with Crippen LogP contribution in [-0.4, -0.2) is 57.6 Å². The first kappa shape index (κ1) is 20.0. The molecule has 0 radical (unpaired) electrons. The summed E-state index contributed by atoms with van der Waals surface area (Å²) in [4.78, 5) is 39.4. The third-order valence-electron chi connectivity index (χ3n) is 5.37. The molecular weight excluding hydrogens is 401 g/mol. The molecule has 2 fully saturated rings. The molecule has 8 nitrogen and oxygen atoms in total. The van der Waals surface area contributed by atoms with Crippen molar-refractivity contribution < 1.29 is 22.8 Å². The molecule has 1 saturated heterocycles. The molecule has 0 spiro atoms. The van der Waals surface area contributed by atoms with Crippen molar-refractivity contribution >= 4 is 17.8 Å². The number of rotatable bonds is 6. The number of pyridine rings is 1. The molecule has 1 aliphatic carbocycles. The highest BCUT2D eigenvalue weighted by Gasteiger charge is 2.64. The molecule has 0 atom stereocenters. The van der Waals surface area contributed by atoms with Crippen LogP contribution in [0.25, 0.3) is 0 Å². The smallest absolute Gasteiger partial charge is 0.346 e. The summed E-state index contributed by atoms with van der Waals surface area (Å²) in [6, 6.07) is 2.78. The lowest BCUT2D eigenvalue weighted by molar-refractivity contribution is -0.189. The number of anilines is 1. The minimum absolute atomic E-state index is 0.0551. The van der Waals surface area contributed by atoms with Crippen LogP contribution in [0.4, 0.5) is 23.8 Å². The predicted octanol–water partition coefficient (Wildman–Crippen LogP) is 2.39. The van der Waals surface area contributed by atoms with Gasteiger partial charge in [0.05, 0.1) is 35.6 Å². The third-order valence-corrected chi connectivity index (χ3v) is 5.37. The average molecular weight is 420 g/mol. The number of aromatic nitrogens is 3. The average Bonchev–Trinajstić information content (AvgIpc) is 3.45. The largest absolute Gasteiger partial charge is 0.396 e. The first-order chi connectivity index (χ1) is 14.3. The summed E-state index contributed by atoms with van der Waals surface area (Å²) in [5.41, 5.74) is -0.869. The van der Waals surface area contributed by atoms with E-state index in [0.29, 0.717) is 11.3 Å². The van der Waals surface area contributed by atoms with Crippen molar-refractivity contribution in [3.63, 3.8) is 0 Å². The van der Waals surface area contributed by atoms with E-state index >= 15 is 0 Å². The number of hydrogen-bond acceptors (Lipinski definition) is 5. The SMILES string of the molecule is O=C(NCc1cnc(N2CCN(CC3(C(F)(F)F)CC3)C2=O)cn1)c1cccnc1. The Hall–Kier alpha value is -3.24. The zero-order valence-corrected chi connectivity index (χ0v) is 15.9. The molecule has 158 valence electrons. The van der Waals surface area contributed by atoms with Gasteiger partial charge in [-0.3, -0.25) is 19.7 Å². The lowest BCUT2D eigenvalue weighted by Gasteiger charge is -2.25. The van der Waals surface area contributed by atoms with Crippen LogP contribution in [0.1, 0.15) is 28.9 Å². The number of carbonyl (C=O) groups excluding carboxylic acids is 2. The second-order valence-corrected chi connectivity index (χ2v) is 7.42. The quantitative estimate of drug-likeness (QED) is 0.775. The summed E-state index contributed by atoms with van der Waals surface area (Å²) in [6.07, 6.45) is 1.62. The molecule has 1 N–H and O–H groups in total. The maximum atomic E-state index is 13.2. The van der Waals surface area contributed by atoms with Crippen molar-refractivity contribution in [3.8, 4) is 0 Å². The van der Waals surface area contributed by atoms with Crippen LogP contribution in [0.3, 0.4) is 0 Å². The van der Waals surface area contributed by atoms with Gasteiger partial charge >= 0.3 is 12.2 Å². The molecule has 1 aliphatic heterocycles.